The van der Waals surface area contributed by atoms with Crippen molar-refractivity contribution < 1.29 is 17.9 Å². The molecule has 1 aliphatic rings. The number of rotatable bonds is 7. The molecule has 3 nitrogen and oxygen atoms in total. The number of ether oxygens (including phenoxy) is 1. The van der Waals surface area contributed by atoms with Crippen LogP contribution in [0.4, 0.5) is 13.2 Å². The van der Waals surface area contributed by atoms with Crippen molar-refractivity contribution in [1.29, 1.82) is 0 Å². The third-order valence-corrected chi connectivity index (χ3v) is 3.25. The lowest BCUT2D eigenvalue weighted by molar-refractivity contribution is -0.149. The Morgan fingerprint density at radius 1 is 1.44 bits per heavy atom. The maximum atomic E-state index is 12.3. The Kier molecular flexibility index (Phi) is 6.38. The second kappa shape index (κ2) is 7.31. The van der Waals surface area contributed by atoms with Crippen LogP contribution in [0.25, 0.3) is 0 Å². The van der Waals surface area contributed by atoms with Crippen LogP contribution >= 0.6 is 0 Å². The van der Waals surface area contributed by atoms with Crippen LogP contribution in [-0.2, 0) is 4.74 Å². The van der Waals surface area contributed by atoms with Crippen LogP contribution in [0, 0.1) is 0 Å². The van der Waals surface area contributed by atoms with E-state index in [1.165, 1.54) is 4.90 Å². The van der Waals surface area contributed by atoms with Crippen LogP contribution in [0.1, 0.15) is 26.7 Å². The molecule has 108 valence electrons. The molecule has 1 rings (SSSR count). The summed E-state index contributed by atoms with van der Waals surface area (Å²) in [6.45, 7) is 5.23. The third-order valence-electron chi connectivity index (χ3n) is 3.25. The molecular weight excluding hydrogens is 245 g/mol. The lowest BCUT2D eigenvalue weighted by Crippen LogP contribution is -2.45. The third kappa shape index (κ3) is 6.02. The van der Waals surface area contributed by atoms with Gasteiger partial charge >= 0.3 is 6.18 Å². The van der Waals surface area contributed by atoms with Gasteiger partial charge in [0.1, 0.15) is 0 Å². The molecule has 2 unspecified atom stereocenters. The Morgan fingerprint density at radius 3 is 2.67 bits per heavy atom. The van der Waals surface area contributed by atoms with Gasteiger partial charge in [-0.05, 0) is 26.3 Å². The highest BCUT2D eigenvalue weighted by molar-refractivity contribution is 4.74. The van der Waals surface area contributed by atoms with Gasteiger partial charge < -0.3 is 10.1 Å². The van der Waals surface area contributed by atoms with Crippen molar-refractivity contribution in [3.8, 4) is 0 Å². The standard InChI is InChI=1S/C12H23F3N2O/c1-3-17(9-12(13,14)15)10(2)7-16-8-11-5-4-6-18-11/h10-11,16H,3-9H2,1-2H3. The first-order valence-corrected chi connectivity index (χ1v) is 6.55. The first kappa shape index (κ1) is 15.7. The first-order chi connectivity index (χ1) is 8.42. The fourth-order valence-corrected chi connectivity index (χ4v) is 2.20. The van der Waals surface area contributed by atoms with Crippen LogP contribution < -0.4 is 5.32 Å². The van der Waals surface area contributed by atoms with Crippen molar-refractivity contribution in [2.75, 3.05) is 32.8 Å². The highest BCUT2D eigenvalue weighted by atomic mass is 19.4. The van der Waals surface area contributed by atoms with Gasteiger partial charge in [0.15, 0.2) is 0 Å². The van der Waals surface area contributed by atoms with E-state index < -0.39 is 12.7 Å². The molecular formula is C12H23F3N2O. The first-order valence-electron chi connectivity index (χ1n) is 6.55. The second-order valence-electron chi connectivity index (χ2n) is 4.82. The van der Waals surface area contributed by atoms with Gasteiger partial charge in [-0.25, -0.2) is 0 Å². The van der Waals surface area contributed by atoms with E-state index in [1.54, 1.807) is 6.92 Å². The SMILES string of the molecule is CCN(CC(F)(F)F)C(C)CNCC1CCCO1. The van der Waals surface area contributed by atoms with Crippen LogP contribution in [0.2, 0.25) is 0 Å². The molecule has 0 radical (unpaired) electrons. The minimum atomic E-state index is -4.13. The molecule has 1 saturated heterocycles. The number of halogens is 3. The molecule has 1 fully saturated rings. The van der Waals surface area contributed by atoms with Crippen LogP contribution in [0.5, 0.6) is 0 Å². The molecule has 1 heterocycles. The molecule has 0 amide bonds. The van der Waals surface area contributed by atoms with E-state index in [0.29, 0.717) is 13.1 Å². The van der Waals surface area contributed by atoms with Crippen molar-refractivity contribution >= 4 is 0 Å². The van der Waals surface area contributed by atoms with Crippen LogP contribution in [-0.4, -0.2) is 56.0 Å². The maximum Gasteiger partial charge on any atom is 0.401 e. The molecule has 0 bridgehead atoms. The molecule has 0 aromatic heterocycles. The maximum absolute atomic E-state index is 12.3. The summed E-state index contributed by atoms with van der Waals surface area (Å²) >= 11 is 0. The summed E-state index contributed by atoms with van der Waals surface area (Å²) in [6.07, 6.45) is -1.77. The van der Waals surface area contributed by atoms with Crippen LogP contribution in [0.3, 0.4) is 0 Å². The minimum absolute atomic E-state index is 0.127. The van der Waals surface area contributed by atoms with Gasteiger partial charge in [-0.15, -0.1) is 0 Å². The van der Waals surface area contributed by atoms with Gasteiger partial charge in [-0.1, -0.05) is 6.92 Å². The zero-order valence-electron chi connectivity index (χ0n) is 11.1. The lowest BCUT2D eigenvalue weighted by Gasteiger charge is -2.29. The smallest absolute Gasteiger partial charge is 0.377 e. The van der Waals surface area contributed by atoms with E-state index in [4.69, 9.17) is 4.74 Å². The van der Waals surface area contributed by atoms with Gasteiger partial charge in [0.25, 0.3) is 0 Å². The van der Waals surface area contributed by atoms with Gasteiger partial charge in [0.2, 0.25) is 0 Å². The van der Waals surface area contributed by atoms with E-state index in [9.17, 15) is 13.2 Å². The predicted molar refractivity (Wildman–Crippen MR) is 64.6 cm³/mol. The largest absolute Gasteiger partial charge is 0.401 e. The molecule has 0 aromatic carbocycles. The number of nitrogens with one attached hydrogen (secondary N) is 1. The highest BCUT2D eigenvalue weighted by Gasteiger charge is 2.31. The molecule has 1 N–H and O–H groups in total. The molecule has 6 heteroatoms. The van der Waals surface area contributed by atoms with Gasteiger partial charge in [-0.2, -0.15) is 13.2 Å². The summed E-state index contributed by atoms with van der Waals surface area (Å²) in [6, 6.07) is -0.127. The summed E-state index contributed by atoms with van der Waals surface area (Å²) < 4.78 is 42.5. The fourth-order valence-electron chi connectivity index (χ4n) is 2.20. The summed E-state index contributed by atoms with van der Waals surface area (Å²) in [5.74, 6) is 0. The van der Waals surface area contributed by atoms with E-state index in [2.05, 4.69) is 5.32 Å². The summed E-state index contributed by atoms with van der Waals surface area (Å²) in [5, 5.41) is 3.19. The molecule has 1 aliphatic heterocycles. The summed E-state index contributed by atoms with van der Waals surface area (Å²) in [7, 11) is 0. The Hall–Kier alpha value is -0.330. The van der Waals surface area contributed by atoms with Crippen molar-refractivity contribution in [3.05, 3.63) is 0 Å². The van der Waals surface area contributed by atoms with Crippen molar-refractivity contribution in [3.63, 3.8) is 0 Å². The van der Waals surface area contributed by atoms with Crippen LogP contribution in [0.15, 0.2) is 0 Å². The number of likely N-dealkylation sites (N-methyl/N-ethyl adjacent to an activating group) is 1. The normalized spacial score (nSPS) is 22.7. The summed E-state index contributed by atoms with van der Waals surface area (Å²) in [5.41, 5.74) is 0. The zero-order chi connectivity index (χ0) is 13.6. The number of hydrogen-bond donors (Lipinski definition) is 1. The molecule has 2 atom stereocenters. The minimum Gasteiger partial charge on any atom is -0.377 e. The van der Waals surface area contributed by atoms with E-state index in [-0.39, 0.29) is 12.1 Å². The Labute approximate surface area is 107 Å². The van der Waals surface area contributed by atoms with Gasteiger partial charge in [0, 0.05) is 25.7 Å². The molecule has 0 aromatic rings. The quantitative estimate of drug-likeness (QED) is 0.764. The van der Waals surface area contributed by atoms with Crippen molar-refractivity contribution in [2.24, 2.45) is 0 Å². The topological polar surface area (TPSA) is 24.5 Å². The Morgan fingerprint density at radius 2 is 2.17 bits per heavy atom. The Bertz CT molecular complexity index is 230. The highest BCUT2D eigenvalue weighted by Crippen LogP contribution is 2.17. The fraction of sp³-hybridized carbons (Fsp3) is 1.00. The lowest BCUT2D eigenvalue weighted by atomic mass is 10.2. The van der Waals surface area contributed by atoms with E-state index >= 15 is 0 Å². The monoisotopic (exact) mass is 268 g/mol. The molecule has 18 heavy (non-hydrogen) atoms. The molecule has 0 aliphatic carbocycles. The van der Waals surface area contributed by atoms with E-state index in [0.717, 1.165) is 26.0 Å². The predicted octanol–water partition coefficient (Wildman–Crippen LogP) is 2.03. The van der Waals surface area contributed by atoms with E-state index in [1.807, 2.05) is 6.92 Å². The average molecular weight is 268 g/mol. The van der Waals surface area contributed by atoms with Gasteiger partial charge in [-0.3, -0.25) is 4.90 Å². The number of nitrogens with zero attached hydrogens (tertiary/aromatic N) is 1. The molecule has 0 saturated carbocycles. The van der Waals surface area contributed by atoms with Crippen molar-refractivity contribution in [2.45, 2.75) is 45.0 Å². The number of alkyl halides is 3. The van der Waals surface area contributed by atoms with Crippen molar-refractivity contribution in [1.82, 2.24) is 10.2 Å². The average Bonchev–Trinajstić information content (AvgIpc) is 2.77. The molecule has 0 spiro atoms. The summed E-state index contributed by atoms with van der Waals surface area (Å²) in [4.78, 5) is 1.43. The number of hydrogen-bond acceptors (Lipinski definition) is 3. The van der Waals surface area contributed by atoms with Gasteiger partial charge in [0.05, 0.1) is 12.6 Å². The zero-order valence-corrected chi connectivity index (χ0v) is 11.1. The Balaban J connectivity index is 2.22. The second-order valence-corrected chi connectivity index (χ2v) is 4.82.